The van der Waals surface area contributed by atoms with Crippen molar-refractivity contribution in [2.75, 3.05) is 6.54 Å². The van der Waals surface area contributed by atoms with E-state index in [1.807, 2.05) is 0 Å². The Bertz CT molecular complexity index is 634. The maximum atomic E-state index is 12.3. The molecule has 0 saturated carbocycles. The van der Waals surface area contributed by atoms with Crippen LogP contribution in [0.5, 0.6) is 0 Å². The normalized spacial score (nSPS) is 14.2. The summed E-state index contributed by atoms with van der Waals surface area (Å²) in [6.07, 6.45) is 2.85. The number of hydrogen-bond acceptors (Lipinski definition) is 3. The zero-order valence-electron chi connectivity index (χ0n) is 11.7. The van der Waals surface area contributed by atoms with E-state index in [1.165, 1.54) is 12.1 Å². The van der Waals surface area contributed by atoms with Crippen LogP contribution in [0.3, 0.4) is 0 Å². The van der Waals surface area contributed by atoms with Crippen molar-refractivity contribution in [1.29, 1.82) is 0 Å². The number of carbonyl (C=O) groups excluding carboxylic acids is 3. The molecular formula is C16H16ClNO3. The van der Waals surface area contributed by atoms with Crippen LogP contribution in [0, 0.1) is 0 Å². The fraction of sp³-hybridized carbons (Fsp3) is 0.312. The molecule has 0 heterocycles. The molecule has 21 heavy (non-hydrogen) atoms. The molecule has 110 valence electrons. The van der Waals surface area contributed by atoms with E-state index in [4.69, 9.17) is 11.6 Å². The van der Waals surface area contributed by atoms with Gasteiger partial charge in [0.05, 0.1) is 0 Å². The lowest BCUT2D eigenvalue weighted by molar-refractivity contribution is -0.117. The van der Waals surface area contributed by atoms with Crippen LogP contribution >= 0.6 is 11.6 Å². The van der Waals surface area contributed by atoms with Gasteiger partial charge in [0.15, 0.2) is 0 Å². The number of nitrogens with one attached hydrogen (secondary N) is 1. The minimum Gasteiger partial charge on any atom is -0.352 e. The monoisotopic (exact) mass is 305 g/mol. The average Bonchev–Trinajstić information content (AvgIpc) is 2.49. The van der Waals surface area contributed by atoms with Gasteiger partial charge in [-0.15, -0.1) is 0 Å². The predicted molar refractivity (Wildman–Crippen MR) is 80.5 cm³/mol. The van der Waals surface area contributed by atoms with E-state index in [-0.39, 0.29) is 21.7 Å². The van der Waals surface area contributed by atoms with E-state index < -0.39 is 17.5 Å². The highest BCUT2D eigenvalue weighted by atomic mass is 35.5. The number of carbonyl (C=O) groups is 3. The second kappa shape index (κ2) is 6.68. The van der Waals surface area contributed by atoms with Gasteiger partial charge in [-0.25, -0.2) is 0 Å². The zero-order chi connectivity index (χ0) is 15.4. The van der Waals surface area contributed by atoms with Crippen molar-refractivity contribution in [3.05, 3.63) is 46.0 Å². The van der Waals surface area contributed by atoms with Crippen molar-refractivity contribution < 1.29 is 14.4 Å². The van der Waals surface area contributed by atoms with Gasteiger partial charge in [0, 0.05) is 17.7 Å². The molecule has 4 nitrogen and oxygen atoms in total. The number of allylic oxidation sites excluding steroid dienone is 1. The van der Waals surface area contributed by atoms with Gasteiger partial charge >= 0.3 is 0 Å². The van der Waals surface area contributed by atoms with Gasteiger partial charge < -0.3 is 5.32 Å². The Balaban J connectivity index is 2.23. The van der Waals surface area contributed by atoms with Crippen molar-refractivity contribution in [3.8, 4) is 0 Å². The fourth-order valence-corrected chi connectivity index (χ4v) is 2.49. The number of fused-ring (bicyclic) bond motifs is 1. The van der Waals surface area contributed by atoms with Gasteiger partial charge in [-0.05, 0) is 6.42 Å². The molecule has 0 bridgehead atoms. The molecule has 0 saturated heterocycles. The third kappa shape index (κ3) is 3.05. The molecule has 1 aromatic rings. The van der Waals surface area contributed by atoms with Gasteiger partial charge in [-0.3, -0.25) is 14.4 Å². The number of ketones is 2. The SMILES string of the molecule is CCCCCNC(=O)C1=C(Cl)C(=O)c2ccccc2C1=O. The van der Waals surface area contributed by atoms with Crippen LogP contribution in [0.1, 0.15) is 46.9 Å². The topological polar surface area (TPSA) is 63.2 Å². The molecule has 0 aromatic heterocycles. The second-order valence-electron chi connectivity index (χ2n) is 4.86. The quantitative estimate of drug-likeness (QED) is 0.672. The molecule has 0 atom stereocenters. The first-order chi connectivity index (χ1) is 10.1. The van der Waals surface area contributed by atoms with E-state index in [1.54, 1.807) is 12.1 Å². The molecule has 0 unspecified atom stereocenters. The lowest BCUT2D eigenvalue weighted by Gasteiger charge is -2.17. The van der Waals surface area contributed by atoms with E-state index in [0.29, 0.717) is 6.54 Å². The Hall–Kier alpha value is -1.94. The molecule has 0 aliphatic heterocycles. The highest BCUT2D eigenvalue weighted by molar-refractivity contribution is 6.53. The molecule has 0 radical (unpaired) electrons. The van der Waals surface area contributed by atoms with Crippen LogP contribution < -0.4 is 5.32 Å². The molecule has 1 aliphatic rings. The minimum atomic E-state index is -0.580. The van der Waals surface area contributed by atoms with Crippen LogP contribution in [0.2, 0.25) is 0 Å². The summed E-state index contributed by atoms with van der Waals surface area (Å²) in [4.78, 5) is 36.6. The maximum Gasteiger partial charge on any atom is 0.256 e. The number of halogens is 1. The van der Waals surface area contributed by atoms with Gasteiger partial charge in [-0.1, -0.05) is 55.6 Å². The molecular weight excluding hydrogens is 290 g/mol. The Morgan fingerprint density at radius 3 is 2.33 bits per heavy atom. The third-order valence-corrected chi connectivity index (χ3v) is 3.72. The van der Waals surface area contributed by atoms with Crippen LogP contribution in [0.25, 0.3) is 0 Å². The number of rotatable bonds is 5. The lowest BCUT2D eigenvalue weighted by Crippen LogP contribution is -2.33. The van der Waals surface area contributed by atoms with E-state index in [9.17, 15) is 14.4 Å². The van der Waals surface area contributed by atoms with Crippen LogP contribution in [-0.2, 0) is 4.79 Å². The average molecular weight is 306 g/mol. The number of benzene rings is 1. The summed E-state index contributed by atoms with van der Waals surface area (Å²) < 4.78 is 0. The summed E-state index contributed by atoms with van der Waals surface area (Å²) in [6.45, 7) is 2.52. The summed E-state index contributed by atoms with van der Waals surface area (Å²) in [6, 6.07) is 6.38. The Kier molecular flexibility index (Phi) is 4.91. The highest BCUT2D eigenvalue weighted by Crippen LogP contribution is 2.28. The second-order valence-corrected chi connectivity index (χ2v) is 5.23. The van der Waals surface area contributed by atoms with Crippen molar-refractivity contribution in [3.63, 3.8) is 0 Å². The number of Topliss-reactive ketones (excluding diaryl/α,β-unsaturated/α-hetero) is 2. The fourth-order valence-electron chi connectivity index (χ4n) is 2.21. The third-order valence-electron chi connectivity index (χ3n) is 3.36. The van der Waals surface area contributed by atoms with Crippen LogP contribution in [-0.4, -0.2) is 24.0 Å². The summed E-state index contributed by atoms with van der Waals surface area (Å²) in [5.74, 6) is -1.56. The summed E-state index contributed by atoms with van der Waals surface area (Å²) in [5.41, 5.74) is 0.220. The Morgan fingerprint density at radius 2 is 1.71 bits per heavy atom. The molecule has 2 rings (SSSR count). The molecule has 0 spiro atoms. The molecule has 0 fully saturated rings. The van der Waals surface area contributed by atoms with E-state index >= 15 is 0 Å². The van der Waals surface area contributed by atoms with Crippen LogP contribution in [0.15, 0.2) is 34.9 Å². The number of amides is 1. The van der Waals surface area contributed by atoms with Crippen molar-refractivity contribution in [1.82, 2.24) is 5.32 Å². The van der Waals surface area contributed by atoms with Gasteiger partial charge in [0.25, 0.3) is 5.91 Å². The molecule has 1 N–H and O–H groups in total. The van der Waals surface area contributed by atoms with Gasteiger partial charge in [0.2, 0.25) is 11.6 Å². The van der Waals surface area contributed by atoms with Crippen LogP contribution in [0.4, 0.5) is 0 Å². The first-order valence-electron chi connectivity index (χ1n) is 6.94. The number of hydrogen-bond donors (Lipinski definition) is 1. The lowest BCUT2D eigenvalue weighted by atomic mass is 9.89. The smallest absolute Gasteiger partial charge is 0.256 e. The van der Waals surface area contributed by atoms with Crippen molar-refractivity contribution in [2.45, 2.75) is 26.2 Å². The van der Waals surface area contributed by atoms with Crippen molar-refractivity contribution in [2.24, 2.45) is 0 Å². The van der Waals surface area contributed by atoms with E-state index in [2.05, 4.69) is 12.2 Å². The first-order valence-corrected chi connectivity index (χ1v) is 7.32. The summed E-state index contributed by atoms with van der Waals surface area (Å²) in [7, 11) is 0. The Labute approximate surface area is 128 Å². The summed E-state index contributed by atoms with van der Waals surface area (Å²) >= 11 is 5.94. The Morgan fingerprint density at radius 1 is 1.10 bits per heavy atom. The molecule has 1 aromatic carbocycles. The minimum absolute atomic E-state index is 0.227. The van der Waals surface area contributed by atoms with Gasteiger partial charge in [-0.2, -0.15) is 0 Å². The molecule has 1 amide bonds. The summed E-state index contributed by atoms with van der Waals surface area (Å²) in [5, 5.41) is 2.35. The highest BCUT2D eigenvalue weighted by Gasteiger charge is 2.34. The molecule has 5 heteroatoms. The number of unbranched alkanes of at least 4 members (excludes halogenated alkanes) is 2. The maximum absolute atomic E-state index is 12.3. The first kappa shape index (κ1) is 15.4. The van der Waals surface area contributed by atoms with E-state index in [0.717, 1.165) is 19.3 Å². The predicted octanol–water partition coefficient (Wildman–Crippen LogP) is 2.86. The molecule has 1 aliphatic carbocycles. The van der Waals surface area contributed by atoms with Gasteiger partial charge in [0.1, 0.15) is 10.6 Å². The largest absolute Gasteiger partial charge is 0.352 e. The standard InChI is InChI=1S/C16H16ClNO3/c1-2-3-6-9-18-16(21)12-13(17)15(20)11-8-5-4-7-10(11)14(12)19/h4-5,7-8H,2-3,6,9H2,1H3,(H,18,21). The zero-order valence-corrected chi connectivity index (χ0v) is 12.5. The van der Waals surface area contributed by atoms with Crippen molar-refractivity contribution >= 4 is 29.1 Å².